The Labute approximate surface area is 119 Å². The number of hydrogen-bond acceptors (Lipinski definition) is 5. The fraction of sp³-hybridized carbons (Fsp3) is 0.214. The molecule has 1 aromatic carbocycles. The Bertz CT molecular complexity index is 721. The summed E-state index contributed by atoms with van der Waals surface area (Å²) < 4.78 is 12.7. The van der Waals surface area contributed by atoms with E-state index in [1.54, 1.807) is 11.3 Å². The summed E-state index contributed by atoms with van der Waals surface area (Å²) in [6.45, 7) is 1.85. The summed E-state index contributed by atoms with van der Waals surface area (Å²) in [6, 6.07) is 6.01. The Morgan fingerprint density at radius 1 is 1.25 bits per heavy atom. The highest BCUT2D eigenvalue weighted by Gasteiger charge is 2.12. The van der Waals surface area contributed by atoms with Crippen LogP contribution < -0.4 is 14.8 Å². The molecule has 0 spiro atoms. The molecule has 1 N–H and O–H groups in total. The van der Waals surface area contributed by atoms with Gasteiger partial charge in [0.2, 0.25) is 6.79 Å². The van der Waals surface area contributed by atoms with Crippen LogP contribution in [0, 0.1) is 0 Å². The van der Waals surface area contributed by atoms with Gasteiger partial charge in [-0.3, -0.25) is 4.40 Å². The molecule has 0 aliphatic carbocycles. The lowest BCUT2D eigenvalue weighted by Crippen LogP contribution is -2.12. The molecule has 6 heteroatoms. The summed E-state index contributed by atoms with van der Waals surface area (Å²) in [5.74, 6) is 1.65. The third-order valence-corrected chi connectivity index (χ3v) is 3.99. The fourth-order valence-corrected chi connectivity index (χ4v) is 2.97. The van der Waals surface area contributed by atoms with Crippen LogP contribution in [0.1, 0.15) is 11.3 Å². The molecular weight excluding hydrogens is 274 g/mol. The second-order valence-electron chi connectivity index (χ2n) is 4.62. The van der Waals surface area contributed by atoms with E-state index >= 15 is 0 Å². The third kappa shape index (κ3) is 2.13. The number of rotatable bonds is 4. The van der Waals surface area contributed by atoms with Gasteiger partial charge in [-0.2, -0.15) is 0 Å². The predicted octanol–water partition coefficient (Wildman–Crippen LogP) is 2.41. The number of hydrogen-bond donors (Lipinski definition) is 1. The Morgan fingerprint density at radius 3 is 3.15 bits per heavy atom. The molecule has 1 aliphatic heterocycles. The van der Waals surface area contributed by atoms with Crippen molar-refractivity contribution < 1.29 is 9.47 Å². The molecule has 3 heterocycles. The molecule has 0 bridgehead atoms. The number of nitrogens with zero attached hydrogens (tertiary/aromatic N) is 2. The molecule has 3 aromatic rings. The van der Waals surface area contributed by atoms with E-state index in [0.29, 0.717) is 6.79 Å². The van der Waals surface area contributed by atoms with Crippen molar-refractivity contribution in [3.05, 3.63) is 47.2 Å². The fourth-order valence-electron chi connectivity index (χ4n) is 2.25. The van der Waals surface area contributed by atoms with Gasteiger partial charge < -0.3 is 14.8 Å². The molecule has 0 saturated carbocycles. The van der Waals surface area contributed by atoms with Gasteiger partial charge in [-0.05, 0) is 17.7 Å². The van der Waals surface area contributed by atoms with Gasteiger partial charge in [-0.25, -0.2) is 4.98 Å². The quantitative estimate of drug-likeness (QED) is 0.800. The molecule has 5 nitrogen and oxygen atoms in total. The normalized spacial score (nSPS) is 13.2. The lowest BCUT2D eigenvalue weighted by Gasteiger charge is -2.04. The molecule has 20 heavy (non-hydrogen) atoms. The summed E-state index contributed by atoms with van der Waals surface area (Å²) in [4.78, 5) is 5.57. The maximum atomic E-state index is 5.37. The summed E-state index contributed by atoms with van der Waals surface area (Å²) in [5, 5.41) is 5.43. The molecule has 4 rings (SSSR count). The van der Waals surface area contributed by atoms with E-state index in [-0.39, 0.29) is 0 Å². The molecule has 0 saturated heterocycles. The van der Waals surface area contributed by atoms with Crippen molar-refractivity contribution >= 4 is 16.3 Å². The zero-order valence-electron chi connectivity index (χ0n) is 10.7. The van der Waals surface area contributed by atoms with Crippen LogP contribution in [0.2, 0.25) is 0 Å². The molecule has 0 radical (unpaired) electrons. The van der Waals surface area contributed by atoms with Crippen molar-refractivity contribution in [3.63, 3.8) is 0 Å². The van der Waals surface area contributed by atoms with E-state index in [1.165, 1.54) is 5.56 Å². The lowest BCUT2D eigenvalue weighted by molar-refractivity contribution is 0.174. The maximum absolute atomic E-state index is 5.37. The van der Waals surface area contributed by atoms with E-state index in [9.17, 15) is 0 Å². The van der Waals surface area contributed by atoms with E-state index in [1.807, 2.05) is 34.2 Å². The molecule has 0 amide bonds. The van der Waals surface area contributed by atoms with E-state index in [2.05, 4.69) is 16.5 Å². The minimum Gasteiger partial charge on any atom is -0.454 e. The number of benzene rings is 1. The number of imidazole rings is 1. The van der Waals surface area contributed by atoms with Crippen molar-refractivity contribution in [3.8, 4) is 11.5 Å². The van der Waals surface area contributed by atoms with Gasteiger partial charge in [0.25, 0.3) is 0 Å². The number of aromatic nitrogens is 2. The SMILES string of the molecule is c1cn2cc(CNCc3ccc4c(c3)OCO4)nc2s1. The first kappa shape index (κ1) is 11.7. The van der Waals surface area contributed by atoms with Crippen LogP contribution in [-0.2, 0) is 13.1 Å². The predicted molar refractivity (Wildman–Crippen MR) is 76.2 cm³/mol. The zero-order chi connectivity index (χ0) is 13.4. The molecule has 0 unspecified atom stereocenters. The van der Waals surface area contributed by atoms with Crippen molar-refractivity contribution in [2.24, 2.45) is 0 Å². The van der Waals surface area contributed by atoms with Crippen molar-refractivity contribution in [2.75, 3.05) is 6.79 Å². The number of fused-ring (bicyclic) bond motifs is 2. The average Bonchev–Trinajstić information content (AvgIpc) is 3.12. The van der Waals surface area contributed by atoms with Crippen LogP contribution in [0.15, 0.2) is 36.0 Å². The van der Waals surface area contributed by atoms with E-state index < -0.39 is 0 Å². The summed E-state index contributed by atoms with van der Waals surface area (Å²) >= 11 is 1.65. The first-order valence-electron chi connectivity index (χ1n) is 6.39. The molecule has 102 valence electrons. The van der Waals surface area contributed by atoms with Crippen LogP contribution in [-0.4, -0.2) is 16.2 Å². The molecular formula is C14H13N3O2S. The van der Waals surface area contributed by atoms with Gasteiger partial charge in [0, 0.05) is 30.9 Å². The van der Waals surface area contributed by atoms with Crippen molar-refractivity contribution in [2.45, 2.75) is 13.1 Å². The summed E-state index contributed by atoms with van der Waals surface area (Å²) in [6.07, 6.45) is 4.08. The van der Waals surface area contributed by atoms with Gasteiger partial charge in [0.05, 0.1) is 5.69 Å². The van der Waals surface area contributed by atoms with Crippen LogP contribution in [0.5, 0.6) is 11.5 Å². The lowest BCUT2D eigenvalue weighted by atomic mass is 10.2. The van der Waals surface area contributed by atoms with Gasteiger partial charge in [0.15, 0.2) is 16.5 Å². The smallest absolute Gasteiger partial charge is 0.231 e. The Hall–Kier alpha value is -2.05. The van der Waals surface area contributed by atoms with Crippen molar-refractivity contribution in [1.29, 1.82) is 0 Å². The molecule has 2 aromatic heterocycles. The average molecular weight is 287 g/mol. The number of nitrogens with one attached hydrogen (secondary N) is 1. The Balaban J connectivity index is 1.39. The monoisotopic (exact) mass is 287 g/mol. The molecule has 0 fully saturated rings. The number of ether oxygens (including phenoxy) is 2. The van der Waals surface area contributed by atoms with Crippen LogP contribution >= 0.6 is 11.3 Å². The van der Waals surface area contributed by atoms with E-state index in [0.717, 1.165) is 35.2 Å². The third-order valence-electron chi connectivity index (χ3n) is 3.22. The highest BCUT2D eigenvalue weighted by atomic mass is 32.1. The van der Waals surface area contributed by atoms with Crippen LogP contribution in [0.4, 0.5) is 0 Å². The topological polar surface area (TPSA) is 47.8 Å². The summed E-state index contributed by atoms with van der Waals surface area (Å²) in [5.41, 5.74) is 2.23. The first-order chi connectivity index (χ1) is 9.88. The largest absolute Gasteiger partial charge is 0.454 e. The highest BCUT2D eigenvalue weighted by Crippen LogP contribution is 2.32. The Morgan fingerprint density at radius 2 is 2.20 bits per heavy atom. The molecule has 0 atom stereocenters. The number of thiazole rings is 1. The Kier molecular flexibility index (Phi) is 2.82. The van der Waals surface area contributed by atoms with Crippen molar-refractivity contribution in [1.82, 2.24) is 14.7 Å². The first-order valence-corrected chi connectivity index (χ1v) is 7.27. The summed E-state index contributed by atoms with van der Waals surface area (Å²) in [7, 11) is 0. The minimum atomic E-state index is 0.317. The zero-order valence-corrected chi connectivity index (χ0v) is 11.5. The minimum absolute atomic E-state index is 0.317. The standard InChI is InChI=1S/C14H13N3O2S/c1-2-12-13(19-9-18-12)5-10(1)6-15-7-11-8-17-3-4-20-14(17)16-11/h1-5,8,15H,6-7,9H2. The highest BCUT2D eigenvalue weighted by molar-refractivity contribution is 7.15. The van der Waals surface area contributed by atoms with Crippen LogP contribution in [0.25, 0.3) is 4.96 Å². The van der Waals surface area contributed by atoms with Gasteiger partial charge >= 0.3 is 0 Å². The molecule has 1 aliphatic rings. The van der Waals surface area contributed by atoms with Gasteiger partial charge in [0.1, 0.15) is 0 Å². The second-order valence-corrected chi connectivity index (χ2v) is 5.49. The van der Waals surface area contributed by atoms with Gasteiger partial charge in [-0.15, -0.1) is 11.3 Å². The van der Waals surface area contributed by atoms with E-state index in [4.69, 9.17) is 9.47 Å². The maximum Gasteiger partial charge on any atom is 0.231 e. The second kappa shape index (κ2) is 4.81. The van der Waals surface area contributed by atoms with Crippen LogP contribution in [0.3, 0.4) is 0 Å². The van der Waals surface area contributed by atoms with Gasteiger partial charge in [-0.1, -0.05) is 6.07 Å².